The van der Waals surface area contributed by atoms with Crippen LogP contribution in [0, 0.1) is 0 Å². The fourth-order valence-electron chi connectivity index (χ4n) is 6.92. The first-order valence-corrected chi connectivity index (χ1v) is 29.1. The van der Waals surface area contributed by atoms with Crippen molar-refractivity contribution in [3.05, 3.63) is 184 Å². The van der Waals surface area contributed by atoms with Crippen molar-refractivity contribution in [3.8, 4) is 0 Å². The zero-order chi connectivity index (χ0) is 66.1. The van der Waals surface area contributed by atoms with Gasteiger partial charge in [0.15, 0.2) is 10.3 Å². The number of nitrogens with two attached hydrogens (primary N) is 1. The van der Waals surface area contributed by atoms with E-state index in [0.717, 1.165) is 62.2 Å². The van der Waals surface area contributed by atoms with Crippen LogP contribution in [-0.4, -0.2) is 153 Å². The summed E-state index contributed by atoms with van der Waals surface area (Å²) in [5.74, 6) is -3.52. The number of carbonyl (C=O) groups excluding carboxylic acids is 3. The van der Waals surface area contributed by atoms with E-state index < -0.39 is 57.9 Å². The normalized spacial score (nSPS) is 10.2. The van der Waals surface area contributed by atoms with Gasteiger partial charge in [-0.1, -0.05) is 35.1 Å². The van der Waals surface area contributed by atoms with Crippen LogP contribution < -0.4 is 38.9 Å². The van der Waals surface area contributed by atoms with Crippen molar-refractivity contribution in [1.29, 1.82) is 0 Å². The van der Waals surface area contributed by atoms with E-state index in [1.807, 2.05) is 77.1 Å². The molecule has 0 saturated carbocycles. The molecule has 37 heteroatoms. The number of halogens is 2. The fraction of sp³-hybridized carbons (Fsp3) is 0.148. The second kappa shape index (κ2) is 33.7. The molecule has 0 fully saturated rings. The lowest BCUT2D eigenvalue weighted by Gasteiger charge is -2.11. The molecule has 472 valence electrons. The van der Waals surface area contributed by atoms with Crippen LogP contribution in [-0.2, 0) is 14.2 Å². The molecule has 3 aromatic carbocycles. The zero-order valence-electron chi connectivity index (χ0n) is 47.9. The van der Waals surface area contributed by atoms with E-state index in [4.69, 9.17) is 43.5 Å². The average molecular weight is 1330 g/mol. The van der Waals surface area contributed by atoms with Crippen molar-refractivity contribution < 1.29 is 48.4 Å². The predicted molar refractivity (Wildman–Crippen MR) is 336 cm³/mol. The van der Waals surface area contributed by atoms with Gasteiger partial charge in [-0.15, -0.1) is 0 Å². The van der Waals surface area contributed by atoms with Crippen LogP contribution in [0.4, 0.5) is 28.7 Å². The van der Waals surface area contributed by atoms with Crippen LogP contribution in [0.3, 0.4) is 0 Å². The van der Waals surface area contributed by atoms with Crippen molar-refractivity contribution in [2.75, 3.05) is 48.7 Å². The number of hydrogen-bond acceptors (Lipinski definition) is 26. The standard InChI is InChI=1S/C15H15N5O2S.C13H11N5O2S.C7H6Cl2N2O2.C7H7N3.C7H8N2O4.C5H4N2O4/c1-3-22-14(21)11-8-16-15(23-2)19-13(11)18-10-5-4-9-7-17-20-12(9)6-10;1-21-13-14-6-9(12(19)20)11(17-13)16-8-3-2-7-5-15-18-10(7)4-8;1-2-13-6(12)4-3-10-7(9)11-5(4)8;8-6-2-1-5-4-9-10-7(5)3-6;1-2-13-6(11)4-3-8-7(12)9-5(4)10;8-3-2(4(9)10)1-6-5(11)7-3/h4-8H,3H2,1-2H3,(H,17,20)(H,16,18,19);2-6H,1H3,(H,15,18)(H,19,20)(H,14,16,17);3H,2H2,1H3;1-4H,8H2,(H,9,10);3H,2H2,1H3,(H2,8,9,10,12);1H,(H,9,10)(H2,6,7,8,11). The molecule has 0 amide bonds. The lowest BCUT2D eigenvalue weighted by molar-refractivity contribution is 0.0514. The second-order valence-electron chi connectivity index (χ2n) is 17.1. The summed E-state index contributed by atoms with van der Waals surface area (Å²) in [5.41, 5.74) is 7.28. The molecule has 8 aromatic heterocycles. The number of nitrogen functional groups attached to an aromatic ring is 1. The Hall–Kier alpha value is -11.3. The number of carbonyl (C=O) groups is 5. The van der Waals surface area contributed by atoms with Gasteiger partial charge < -0.3 is 50.8 Å². The molecule has 11 aromatic rings. The van der Waals surface area contributed by atoms with Crippen LogP contribution >= 0.6 is 46.7 Å². The topological polar surface area (TPSA) is 498 Å². The van der Waals surface area contributed by atoms with Gasteiger partial charge in [0.25, 0.3) is 11.1 Å². The number of aromatic carboxylic acids is 2. The zero-order valence-corrected chi connectivity index (χ0v) is 51.0. The highest BCUT2D eigenvalue weighted by molar-refractivity contribution is 7.98. The number of nitrogens with one attached hydrogen (secondary N) is 9. The van der Waals surface area contributed by atoms with Gasteiger partial charge in [-0.2, -0.15) is 15.3 Å². The molecule has 33 nitrogen and oxygen atoms in total. The summed E-state index contributed by atoms with van der Waals surface area (Å²) < 4.78 is 14.3. The van der Waals surface area contributed by atoms with Gasteiger partial charge in [0, 0.05) is 64.2 Å². The van der Waals surface area contributed by atoms with Crippen LogP contribution in [0.15, 0.2) is 134 Å². The van der Waals surface area contributed by atoms with Crippen LogP contribution in [0.2, 0.25) is 10.4 Å². The smallest absolute Gasteiger partial charge is 0.345 e. The Balaban J connectivity index is 0.000000179. The number of nitrogens with zero attached hydrogens (tertiary/aromatic N) is 9. The number of H-pyrrole nitrogens is 7. The van der Waals surface area contributed by atoms with Crippen molar-refractivity contribution in [3.63, 3.8) is 0 Å². The highest BCUT2D eigenvalue weighted by atomic mass is 35.5. The molecule has 0 radical (unpaired) electrons. The van der Waals surface area contributed by atoms with Gasteiger partial charge in [-0.25, -0.2) is 63.5 Å². The summed E-state index contributed by atoms with van der Waals surface area (Å²) in [6.07, 6.45) is 14.8. The third-order valence-electron chi connectivity index (χ3n) is 11.1. The average Bonchev–Trinajstić information content (AvgIpc) is 2.27. The van der Waals surface area contributed by atoms with Crippen molar-refractivity contribution in [2.24, 2.45) is 0 Å². The molecule has 0 atom stereocenters. The summed E-state index contributed by atoms with van der Waals surface area (Å²) in [7, 11) is 0. The monoisotopic (exact) mass is 1320 g/mol. The summed E-state index contributed by atoms with van der Waals surface area (Å²) in [6.45, 7) is 5.83. The molecule has 0 bridgehead atoms. The molecule has 0 aliphatic carbocycles. The number of rotatable bonds is 14. The summed E-state index contributed by atoms with van der Waals surface area (Å²) in [5, 5.41) is 48.2. The Morgan fingerprint density at radius 2 is 0.934 bits per heavy atom. The van der Waals surface area contributed by atoms with Gasteiger partial charge in [0.1, 0.15) is 44.6 Å². The van der Waals surface area contributed by atoms with E-state index in [-0.39, 0.29) is 46.2 Å². The first-order chi connectivity index (χ1) is 43.6. The third kappa shape index (κ3) is 20.1. The molecular formula is C54H51Cl2N19O14S2. The first-order valence-electron chi connectivity index (χ1n) is 25.9. The summed E-state index contributed by atoms with van der Waals surface area (Å²) in [6, 6.07) is 17.0. The van der Waals surface area contributed by atoms with Crippen LogP contribution in [0.25, 0.3) is 32.7 Å². The number of thioether (sulfide) groups is 2. The Kier molecular flexibility index (Phi) is 25.5. The Morgan fingerprint density at radius 1 is 0.527 bits per heavy atom. The van der Waals surface area contributed by atoms with E-state index in [9.17, 15) is 48.3 Å². The molecule has 13 N–H and O–H groups in total. The fourth-order valence-corrected chi connectivity index (χ4v) is 7.98. The van der Waals surface area contributed by atoms with Crippen molar-refractivity contribution in [1.82, 2.24) is 80.4 Å². The van der Waals surface area contributed by atoms with Crippen LogP contribution in [0.1, 0.15) is 72.6 Å². The minimum absolute atomic E-state index is 0.00144. The number of carboxylic acids is 2. The Morgan fingerprint density at radius 3 is 1.37 bits per heavy atom. The van der Waals surface area contributed by atoms with Gasteiger partial charge in [-0.05, 0) is 99.5 Å². The minimum atomic E-state index is -1.37. The van der Waals surface area contributed by atoms with E-state index in [1.165, 1.54) is 42.1 Å². The highest BCUT2D eigenvalue weighted by Crippen LogP contribution is 2.26. The lowest BCUT2D eigenvalue weighted by Crippen LogP contribution is -2.27. The second-order valence-corrected chi connectivity index (χ2v) is 19.4. The number of anilines is 5. The molecule has 91 heavy (non-hydrogen) atoms. The van der Waals surface area contributed by atoms with Crippen molar-refractivity contribution in [2.45, 2.75) is 31.1 Å². The number of fused-ring (bicyclic) bond motifs is 3. The number of ether oxygens (including phenoxy) is 3. The SMILES string of the molecule is CCOC(=O)c1c[nH]c(=O)[nH]c1=O.CCOC(=O)c1cnc(Cl)nc1Cl.CCOC(=O)c1cnc(SC)nc1Nc1ccc2cn[nH]c2c1.CSc1ncc(C(=O)O)c(Nc2ccc3cn[nH]c3c2)n1.Nc1ccc2cn[nH]c2c1.O=C(O)c1c[nH]c(=O)[nH]c1=O. The van der Waals surface area contributed by atoms with E-state index in [0.29, 0.717) is 28.3 Å². The minimum Gasteiger partial charge on any atom is -0.477 e. The molecule has 8 heterocycles. The number of hydrogen-bond donors (Lipinski definition) is 12. The van der Waals surface area contributed by atoms with E-state index >= 15 is 0 Å². The maximum absolute atomic E-state index is 12.1. The Bertz CT molecular complexity index is 4610. The third-order valence-corrected chi connectivity index (χ3v) is 12.7. The van der Waals surface area contributed by atoms with E-state index in [1.54, 1.807) is 44.3 Å². The van der Waals surface area contributed by atoms with Gasteiger partial charge in [0.2, 0.25) is 5.28 Å². The van der Waals surface area contributed by atoms with Gasteiger partial charge >= 0.3 is 41.2 Å². The molecule has 0 spiro atoms. The summed E-state index contributed by atoms with van der Waals surface area (Å²) >= 11 is 13.8. The number of benzene rings is 3. The molecule has 0 saturated heterocycles. The Labute approximate surface area is 528 Å². The number of aromatic nitrogens is 16. The molecule has 0 aliphatic heterocycles. The van der Waals surface area contributed by atoms with Gasteiger partial charge in [-0.3, -0.25) is 34.9 Å². The number of esters is 3. The maximum atomic E-state index is 12.1. The number of aromatic amines is 7. The molecule has 0 aliphatic rings. The largest absolute Gasteiger partial charge is 0.477 e. The predicted octanol–water partition coefficient (Wildman–Crippen LogP) is 6.62. The van der Waals surface area contributed by atoms with E-state index in [2.05, 4.69) is 80.9 Å². The molecular weight excluding hydrogens is 1270 g/mol. The highest BCUT2D eigenvalue weighted by Gasteiger charge is 2.18. The maximum Gasteiger partial charge on any atom is 0.345 e. The number of carboxylic acid groups (broad SMARTS) is 2. The summed E-state index contributed by atoms with van der Waals surface area (Å²) in [4.78, 5) is 130. The van der Waals surface area contributed by atoms with Crippen LogP contribution in [0.5, 0.6) is 0 Å². The molecule has 11 rings (SSSR count). The first kappa shape index (κ1) is 68.8. The van der Waals surface area contributed by atoms with Crippen molar-refractivity contribution >= 4 is 138 Å². The lowest BCUT2D eigenvalue weighted by atomic mass is 10.2. The quantitative estimate of drug-likeness (QED) is 0.0136. The van der Waals surface area contributed by atoms with Gasteiger partial charge in [0.05, 0.1) is 55.0 Å². The molecule has 0 unspecified atom stereocenters.